The first-order valence-electron chi connectivity index (χ1n) is 11.0. The third kappa shape index (κ3) is 7.10. The molecule has 0 spiro atoms. The Bertz CT molecular complexity index is 1270. The first kappa shape index (κ1) is 26.3. The summed E-state index contributed by atoms with van der Waals surface area (Å²) in [4.78, 5) is 37.9. The van der Waals surface area contributed by atoms with E-state index in [9.17, 15) is 14.4 Å². The lowest BCUT2D eigenvalue weighted by atomic mass is 9.95. The molecule has 3 aromatic rings. The second-order valence-corrected chi connectivity index (χ2v) is 10.0. The highest BCUT2D eigenvalue weighted by molar-refractivity contribution is 6.35. The second-order valence-electron chi connectivity index (χ2n) is 9.22. The summed E-state index contributed by atoms with van der Waals surface area (Å²) in [5.74, 6) is -0.952. The molecule has 3 rings (SSSR count). The number of carbonyl (C=O) groups excluding carboxylic acids is 3. The Labute approximate surface area is 215 Å². The first-order valence-corrected chi connectivity index (χ1v) is 11.8. The summed E-state index contributed by atoms with van der Waals surface area (Å²) in [5.41, 5.74) is 2.76. The lowest BCUT2D eigenvalue weighted by Crippen LogP contribution is -2.34. The number of carbonyl (C=O) groups is 3. The number of hydrogen-bond donors (Lipinski definition) is 3. The third-order valence-corrected chi connectivity index (χ3v) is 5.85. The Morgan fingerprint density at radius 3 is 1.89 bits per heavy atom. The van der Waals surface area contributed by atoms with Crippen LogP contribution in [0.25, 0.3) is 0 Å². The summed E-state index contributed by atoms with van der Waals surface area (Å²) in [6, 6.07) is 17.0. The summed E-state index contributed by atoms with van der Waals surface area (Å²) in [6.45, 7) is 5.73. The fourth-order valence-corrected chi connectivity index (χ4v) is 3.52. The molecular formula is C26H26BCl2N3O3. The van der Waals surface area contributed by atoms with Crippen molar-refractivity contribution < 1.29 is 14.4 Å². The number of hydrogen-bond acceptors (Lipinski definition) is 3. The quantitative estimate of drug-likeness (QED) is 0.430. The molecule has 6 nitrogen and oxygen atoms in total. The van der Waals surface area contributed by atoms with Gasteiger partial charge in [0, 0.05) is 23.3 Å². The zero-order chi connectivity index (χ0) is 25.8. The SMILES string of the molecule is Bc1ccc(NC(=O)c2cc(NC(=O)c3cc(CNC(=O)C(C)(C)C)ccc3Cl)ccc2Cl)cc1. The van der Waals surface area contributed by atoms with Crippen molar-refractivity contribution in [1.29, 1.82) is 0 Å². The predicted molar refractivity (Wildman–Crippen MR) is 145 cm³/mol. The molecule has 3 aromatic carbocycles. The topological polar surface area (TPSA) is 87.3 Å². The van der Waals surface area contributed by atoms with E-state index in [0.717, 1.165) is 11.0 Å². The van der Waals surface area contributed by atoms with Crippen molar-refractivity contribution in [3.8, 4) is 0 Å². The highest BCUT2D eigenvalue weighted by atomic mass is 35.5. The molecule has 0 saturated heterocycles. The van der Waals surface area contributed by atoms with Crippen LogP contribution in [-0.2, 0) is 11.3 Å². The van der Waals surface area contributed by atoms with E-state index in [1.807, 2.05) is 40.8 Å². The molecule has 0 heterocycles. The maximum atomic E-state index is 13.0. The molecule has 0 aliphatic carbocycles. The summed E-state index contributed by atoms with van der Waals surface area (Å²) in [7, 11) is 1.96. The molecule has 0 atom stereocenters. The number of amides is 3. The van der Waals surface area contributed by atoms with Crippen molar-refractivity contribution in [2.45, 2.75) is 27.3 Å². The second kappa shape index (κ2) is 11.0. The van der Waals surface area contributed by atoms with Crippen LogP contribution in [0, 0.1) is 5.41 Å². The fraction of sp³-hybridized carbons (Fsp3) is 0.192. The molecule has 3 amide bonds. The molecule has 0 aromatic heterocycles. The Morgan fingerprint density at radius 2 is 1.29 bits per heavy atom. The van der Waals surface area contributed by atoms with Crippen LogP contribution in [0.4, 0.5) is 11.4 Å². The summed E-state index contributed by atoms with van der Waals surface area (Å²) in [6.07, 6.45) is 0. The van der Waals surface area contributed by atoms with Crippen LogP contribution in [-0.4, -0.2) is 25.6 Å². The van der Waals surface area contributed by atoms with Crippen LogP contribution in [0.5, 0.6) is 0 Å². The molecule has 0 aliphatic rings. The van der Waals surface area contributed by atoms with Gasteiger partial charge in [-0.3, -0.25) is 14.4 Å². The summed E-state index contributed by atoms with van der Waals surface area (Å²) in [5, 5.41) is 8.92. The molecule has 35 heavy (non-hydrogen) atoms. The van der Waals surface area contributed by atoms with Gasteiger partial charge in [-0.15, -0.1) is 0 Å². The van der Waals surface area contributed by atoms with Gasteiger partial charge in [0.15, 0.2) is 0 Å². The van der Waals surface area contributed by atoms with Gasteiger partial charge >= 0.3 is 0 Å². The van der Waals surface area contributed by atoms with Gasteiger partial charge in [0.05, 0.1) is 21.2 Å². The van der Waals surface area contributed by atoms with Gasteiger partial charge in [-0.05, 0) is 48.0 Å². The normalized spacial score (nSPS) is 11.0. The summed E-state index contributed by atoms with van der Waals surface area (Å²) < 4.78 is 0. The van der Waals surface area contributed by atoms with Gasteiger partial charge in [0.1, 0.15) is 7.85 Å². The fourth-order valence-electron chi connectivity index (χ4n) is 3.11. The number of rotatable bonds is 6. The minimum atomic E-state index is -0.523. The van der Waals surface area contributed by atoms with Crippen LogP contribution >= 0.6 is 23.2 Å². The Balaban J connectivity index is 1.74. The van der Waals surface area contributed by atoms with Gasteiger partial charge in [0.2, 0.25) is 5.91 Å². The largest absolute Gasteiger partial charge is 0.352 e. The average Bonchev–Trinajstić information content (AvgIpc) is 2.80. The number of halogens is 2. The number of anilines is 2. The van der Waals surface area contributed by atoms with E-state index >= 15 is 0 Å². The van der Waals surface area contributed by atoms with Crippen LogP contribution in [0.15, 0.2) is 60.7 Å². The van der Waals surface area contributed by atoms with Crippen molar-refractivity contribution in [3.63, 3.8) is 0 Å². The van der Waals surface area contributed by atoms with E-state index in [0.29, 0.717) is 11.4 Å². The van der Waals surface area contributed by atoms with Gasteiger partial charge in [-0.1, -0.05) is 67.6 Å². The molecular weight excluding hydrogens is 484 g/mol. The van der Waals surface area contributed by atoms with Gasteiger partial charge in [-0.2, -0.15) is 0 Å². The zero-order valence-corrected chi connectivity index (χ0v) is 21.5. The minimum Gasteiger partial charge on any atom is -0.352 e. The van der Waals surface area contributed by atoms with E-state index < -0.39 is 17.2 Å². The molecule has 0 radical (unpaired) electrons. The molecule has 0 bridgehead atoms. The minimum absolute atomic E-state index is 0.101. The van der Waals surface area contributed by atoms with E-state index in [2.05, 4.69) is 16.0 Å². The van der Waals surface area contributed by atoms with Crippen molar-refractivity contribution in [3.05, 3.63) is 87.4 Å². The van der Waals surface area contributed by atoms with Crippen molar-refractivity contribution >= 4 is 65.6 Å². The molecule has 0 fully saturated rings. The van der Waals surface area contributed by atoms with Crippen LogP contribution in [0.3, 0.4) is 0 Å². The van der Waals surface area contributed by atoms with Gasteiger partial charge < -0.3 is 16.0 Å². The highest BCUT2D eigenvalue weighted by Gasteiger charge is 2.21. The predicted octanol–water partition coefficient (Wildman–Crippen LogP) is 4.42. The molecule has 0 aliphatic heterocycles. The molecule has 9 heteroatoms. The van der Waals surface area contributed by atoms with Crippen molar-refractivity contribution in [1.82, 2.24) is 5.32 Å². The molecule has 0 saturated carbocycles. The number of benzene rings is 3. The lowest BCUT2D eigenvalue weighted by Gasteiger charge is -2.18. The van der Waals surface area contributed by atoms with E-state index in [1.165, 1.54) is 6.07 Å². The maximum Gasteiger partial charge on any atom is 0.257 e. The monoisotopic (exact) mass is 509 g/mol. The van der Waals surface area contributed by atoms with Crippen molar-refractivity contribution in [2.75, 3.05) is 10.6 Å². The molecule has 0 unspecified atom stereocenters. The zero-order valence-electron chi connectivity index (χ0n) is 20.0. The van der Waals surface area contributed by atoms with E-state index in [1.54, 1.807) is 42.5 Å². The standard InChI is InChI=1S/C26H26BCl2N3O3/c1-26(2,3)25(35)30-14-15-4-10-21(28)19(12-15)23(33)32-18-9-11-22(29)20(13-18)24(34)31-17-7-5-16(27)6-8-17/h4-13H,14,27H2,1-3H3,(H,30,35)(H,31,34)(H,32,33). The summed E-state index contributed by atoms with van der Waals surface area (Å²) >= 11 is 12.5. The van der Waals surface area contributed by atoms with Gasteiger partial charge in [0.25, 0.3) is 11.8 Å². The van der Waals surface area contributed by atoms with Crippen LogP contribution in [0.2, 0.25) is 10.0 Å². The Morgan fingerprint density at radius 1 is 0.771 bits per heavy atom. The van der Waals surface area contributed by atoms with Crippen LogP contribution in [0.1, 0.15) is 47.1 Å². The lowest BCUT2D eigenvalue weighted by molar-refractivity contribution is -0.128. The van der Waals surface area contributed by atoms with E-state index in [4.69, 9.17) is 23.2 Å². The van der Waals surface area contributed by atoms with Crippen molar-refractivity contribution in [2.24, 2.45) is 5.41 Å². The molecule has 180 valence electrons. The smallest absolute Gasteiger partial charge is 0.257 e. The van der Waals surface area contributed by atoms with Crippen LogP contribution < -0.4 is 21.4 Å². The maximum absolute atomic E-state index is 13.0. The average molecular weight is 510 g/mol. The Hall–Kier alpha value is -3.29. The van der Waals surface area contributed by atoms with Gasteiger partial charge in [-0.25, -0.2) is 0 Å². The Kier molecular flexibility index (Phi) is 8.25. The first-order chi connectivity index (χ1) is 16.4. The molecule has 3 N–H and O–H groups in total. The number of nitrogens with one attached hydrogen (secondary N) is 3. The van der Waals surface area contributed by atoms with E-state index in [-0.39, 0.29) is 33.6 Å². The third-order valence-electron chi connectivity index (χ3n) is 5.19. The highest BCUT2D eigenvalue weighted by Crippen LogP contribution is 2.24.